The van der Waals surface area contributed by atoms with Crippen LogP contribution in [0.4, 0.5) is 0 Å². The van der Waals surface area contributed by atoms with Gasteiger partial charge in [-0.05, 0) is 36.5 Å². The molecule has 0 unspecified atom stereocenters. The fraction of sp³-hybridized carbons (Fsp3) is 0.417. The van der Waals surface area contributed by atoms with E-state index in [1.54, 1.807) is 6.07 Å². The fourth-order valence-electron chi connectivity index (χ4n) is 1.87. The number of hydrogen-bond donors (Lipinski definition) is 1. The van der Waals surface area contributed by atoms with Gasteiger partial charge in [-0.15, -0.1) is 0 Å². The van der Waals surface area contributed by atoms with Gasteiger partial charge in [0, 0.05) is 13.2 Å². The largest absolute Gasteiger partial charge is 0.504 e. The van der Waals surface area contributed by atoms with Gasteiger partial charge in [0.25, 0.3) is 0 Å². The molecule has 3 heteroatoms. The average molecular weight is 206 g/mol. The van der Waals surface area contributed by atoms with Crippen molar-refractivity contribution in [2.24, 2.45) is 0 Å². The van der Waals surface area contributed by atoms with E-state index in [0.29, 0.717) is 5.92 Å². The van der Waals surface area contributed by atoms with Crippen LogP contribution in [0.2, 0.25) is 0 Å². The molecule has 1 aromatic rings. The van der Waals surface area contributed by atoms with Crippen LogP contribution in [0.3, 0.4) is 0 Å². The van der Waals surface area contributed by atoms with Crippen LogP contribution < -0.4 is 5.43 Å². The molecule has 0 atom stereocenters. The van der Waals surface area contributed by atoms with Gasteiger partial charge in [0.05, 0.1) is 0 Å². The molecular formula is C12H14O3. The van der Waals surface area contributed by atoms with E-state index >= 15 is 0 Å². The van der Waals surface area contributed by atoms with Crippen molar-refractivity contribution >= 4 is 0 Å². The second-order valence-electron chi connectivity index (χ2n) is 3.80. The predicted molar refractivity (Wildman–Crippen MR) is 57.2 cm³/mol. The summed E-state index contributed by atoms with van der Waals surface area (Å²) >= 11 is 0. The topological polar surface area (TPSA) is 46.5 Å². The molecule has 0 spiro atoms. The Kier molecular flexibility index (Phi) is 3.02. The van der Waals surface area contributed by atoms with Crippen LogP contribution >= 0.6 is 0 Å². The molecule has 1 aliphatic heterocycles. The Morgan fingerprint density at radius 1 is 1.13 bits per heavy atom. The molecule has 1 heterocycles. The highest BCUT2D eigenvalue weighted by atomic mass is 16.5. The van der Waals surface area contributed by atoms with Crippen LogP contribution in [0.15, 0.2) is 29.1 Å². The van der Waals surface area contributed by atoms with E-state index in [0.717, 1.165) is 31.6 Å². The zero-order valence-electron chi connectivity index (χ0n) is 8.48. The first-order valence-corrected chi connectivity index (χ1v) is 5.18. The van der Waals surface area contributed by atoms with Gasteiger partial charge in [0.15, 0.2) is 5.75 Å². The first kappa shape index (κ1) is 10.2. The molecule has 3 nitrogen and oxygen atoms in total. The van der Waals surface area contributed by atoms with Crippen molar-refractivity contribution in [3.63, 3.8) is 0 Å². The van der Waals surface area contributed by atoms with E-state index in [-0.39, 0.29) is 11.2 Å². The van der Waals surface area contributed by atoms with Crippen LogP contribution in [-0.2, 0) is 4.74 Å². The van der Waals surface area contributed by atoms with E-state index < -0.39 is 0 Å². The van der Waals surface area contributed by atoms with E-state index in [4.69, 9.17) is 4.74 Å². The Balaban J connectivity index is 2.29. The maximum atomic E-state index is 11.2. The summed E-state index contributed by atoms with van der Waals surface area (Å²) in [6.45, 7) is 1.55. The molecule has 15 heavy (non-hydrogen) atoms. The molecule has 1 fully saturated rings. The molecule has 0 aliphatic carbocycles. The Morgan fingerprint density at radius 2 is 1.80 bits per heavy atom. The molecule has 1 N–H and O–H groups in total. The van der Waals surface area contributed by atoms with Crippen LogP contribution in [0.5, 0.6) is 5.75 Å². The molecule has 80 valence electrons. The summed E-state index contributed by atoms with van der Waals surface area (Å²) in [5.74, 6) is 0.262. The summed E-state index contributed by atoms with van der Waals surface area (Å²) in [7, 11) is 0. The number of aromatic hydroxyl groups is 1. The maximum Gasteiger partial charge on any atom is 0.220 e. The Bertz CT molecular complexity index is 394. The molecule has 1 aromatic carbocycles. The van der Waals surface area contributed by atoms with E-state index in [9.17, 15) is 9.90 Å². The summed E-state index contributed by atoms with van der Waals surface area (Å²) < 4.78 is 5.28. The maximum absolute atomic E-state index is 11.2. The van der Waals surface area contributed by atoms with E-state index in [2.05, 4.69) is 0 Å². The van der Waals surface area contributed by atoms with Crippen molar-refractivity contribution in [1.29, 1.82) is 0 Å². The molecule has 0 bridgehead atoms. The molecule has 0 saturated carbocycles. The van der Waals surface area contributed by atoms with Gasteiger partial charge in [-0.3, -0.25) is 4.79 Å². The lowest BCUT2D eigenvalue weighted by Gasteiger charge is -2.21. The zero-order valence-corrected chi connectivity index (χ0v) is 8.48. The summed E-state index contributed by atoms with van der Waals surface area (Å²) in [4.78, 5) is 11.2. The van der Waals surface area contributed by atoms with Gasteiger partial charge in [-0.2, -0.15) is 0 Å². The highest BCUT2D eigenvalue weighted by Gasteiger charge is 2.15. The highest BCUT2D eigenvalue weighted by Crippen LogP contribution is 2.26. The first-order valence-electron chi connectivity index (χ1n) is 5.18. The van der Waals surface area contributed by atoms with Gasteiger partial charge in [0.1, 0.15) is 0 Å². The lowest BCUT2D eigenvalue weighted by molar-refractivity contribution is 0.0853. The van der Waals surface area contributed by atoms with Gasteiger partial charge in [-0.1, -0.05) is 12.1 Å². The minimum atomic E-state index is -0.326. The lowest BCUT2D eigenvalue weighted by atomic mass is 9.93. The number of rotatable bonds is 1. The third kappa shape index (κ3) is 2.36. The van der Waals surface area contributed by atoms with Crippen molar-refractivity contribution in [3.8, 4) is 5.75 Å². The third-order valence-electron chi connectivity index (χ3n) is 2.81. The highest BCUT2D eigenvalue weighted by molar-refractivity contribution is 5.26. The molecule has 0 aromatic heterocycles. The lowest BCUT2D eigenvalue weighted by Crippen LogP contribution is -2.13. The average Bonchev–Trinajstić information content (AvgIpc) is 2.44. The molecule has 0 radical (unpaired) electrons. The number of hydrogen-bond acceptors (Lipinski definition) is 3. The zero-order chi connectivity index (χ0) is 10.7. The molecule has 1 aliphatic rings. The van der Waals surface area contributed by atoms with Crippen LogP contribution in [0.1, 0.15) is 24.3 Å². The van der Waals surface area contributed by atoms with Crippen LogP contribution in [0.25, 0.3) is 0 Å². The Morgan fingerprint density at radius 3 is 2.53 bits per heavy atom. The van der Waals surface area contributed by atoms with Gasteiger partial charge in [0.2, 0.25) is 5.43 Å². The minimum Gasteiger partial charge on any atom is -0.504 e. The van der Waals surface area contributed by atoms with Crippen molar-refractivity contribution in [2.45, 2.75) is 18.8 Å². The fourth-order valence-corrected chi connectivity index (χ4v) is 1.87. The SMILES string of the molecule is O=c1ccc(C2CCOCC2)ccc1O. The van der Waals surface area contributed by atoms with E-state index in [1.165, 1.54) is 12.1 Å². The summed E-state index contributed by atoms with van der Waals surface area (Å²) in [6, 6.07) is 6.54. The van der Waals surface area contributed by atoms with Gasteiger partial charge < -0.3 is 9.84 Å². The minimum absolute atomic E-state index is 0.187. The Hall–Kier alpha value is -1.35. The van der Waals surface area contributed by atoms with Crippen molar-refractivity contribution in [3.05, 3.63) is 40.1 Å². The quantitative estimate of drug-likeness (QED) is 0.760. The van der Waals surface area contributed by atoms with Crippen LogP contribution in [0, 0.1) is 0 Å². The summed E-state index contributed by atoms with van der Waals surface area (Å²) in [6.07, 6.45) is 1.97. The normalized spacial score (nSPS) is 17.6. The number of ether oxygens (including phenoxy) is 1. The monoisotopic (exact) mass is 206 g/mol. The summed E-state index contributed by atoms with van der Waals surface area (Å²) in [5, 5.41) is 9.26. The van der Waals surface area contributed by atoms with E-state index in [1.807, 2.05) is 6.07 Å². The van der Waals surface area contributed by atoms with Crippen molar-refractivity contribution in [2.75, 3.05) is 13.2 Å². The third-order valence-corrected chi connectivity index (χ3v) is 2.81. The first-order chi connectivity index (χ1) is 7.27. The summed E-state index contributed by atoms with van der Waals surface area (Å²) in [5.41, 5.74) is 0.781. The molecular weight excluding hydrogens is 192 g/mol. The predicted octanol–water partition coefficient (Wildman–Crippen LogP) is 1.65. The van der Waals surface area contributed by atoms with Crippen molar-refractivity contribution < 1.29 is 9.84 Å². The molecule has 2 rings (SSSR count). The van der Waals surface area contributed by atoms with Gasteiger partial charge in [-0.25, -0.2) is 0 Å². The van der Waals surface area contributed by atoms with Crippen molar-refractivity contribution in [1.82, 2.24) is 0 Å². The molecule has 1 saturated heterocycles. The Labute approximate surface area is 88.3 Å². The second kappa shape index (κ2) is 4.45. The van der Waals surface area contributed by atoms with Crippen LogP contribution in [-0.4, -0.2) is 18.3 Å². The second-order valence-corrected chi connectivity index (χ2v) is 3.80. The molecule has 0 amide bonds. The van der Waals surface area contributed by atoms with Gasteiger partial charge >= 0.3 is 0 Å². The smallest absolute Gasteiger partial charge is 0.220 e. The standard InChI is InChI=1S/C12H14O3/c13-11-3-1-9(2-4-12(11)14)10-5-7-15-8-6-10/h1-4,10H,5-8H2,(H,13,14).